The molecule has 1 aromatic rings. The van der Waals surface area contributed by atoms with Gasteiger partial charge in [-0.3, -0.25) is 10.1 Å². The second-order valence-electron chi connectivity index (χ2n) is 3.99. The summed E-state index contributed by atoms with van der Waals surface area (Å²) in [6.07, 6.45) is 2.73. The molecule has 17 heavy (non-hydrogen) atoms. The zero-order chi connectivity index (χ0) is 13.2. The monoisotopic (exact) mass is 259 g/mol. The quantitative estimate of drug-likeness (QED) is 0.555. The van der Waals surface area contributed by atoms with E-state index in [9.17, 15) is 8.42 Å². The van der Waals surface area contributed by atoms with E-state index in [1.165, 1.54) is 28.4 Å². The first-order valence-corrected chi connectivity index (χ1v) is 6.48. The van der Waals surface area contributed by atoms with Crippen molar-refractivity contribution in [2.75, 3.05) is 13.6 Å². The maximum Gasteiger partial charge on any atom is 0.245 e. The van der Waals surface area contributed by atoms with Gasteiger partial charge in [-0.25, -0.2) is 12.7 Å². The topological polar surface area (TPSA) is 105 Å². The van der Waals surface area contributed by atoms with Crippen LogP contribution >= 0.6 is 0 Å². The summed E-state index contributed by atoms with van der Waals surface area (Å²) in [7, 11) is -0.439. The molecule has 1 atom stereocenters. The van der Waals surface area contributed by atoms with Gasteiger partial charge in [0.05, 0.1) is 12.0 Å². The second kappa shape index (κ2) is 4.84. The minimum Gasteiger partial charge on any atom is -0.387 e. The van der Waals surface area contributed by atoms with Gasteiger partial charge >= 0.3 is 0 Å². The van der Waals surface area contributed by atoms with E-state index in [2.05, 4.69) is 5.10 Å². The highest BCUT2D eigenvalue weighted by atomic mass is 32.2. The molecule has 3 N–H and O–H groups in total. The number of amidine groups is 1. The second-order valence-corrected chi connectivity index (χ2v) is 6.04. The lowest BCUT2D eigenvalue weighted by Gasteiger charge is -2.19. The normalized spacial score (nSPS) is 13.9. The molecular formula is C9H17N5O2S. The summed E-state index contributed by atoms with van der Waals surface area (Å²) in [5.74, 6) is -0.343. The van der Waals surface area contributed by atoms with Crippen molar-refractivity contribution in [3.63, 3.8) is 0 Å². The molecule has 96 valence electrons. The maximum atomic E-state index is 12.1. The Hall–Kier alpha value is -1.41. The third-order valence-corrected chi connectivity index (χ3v) is 4.23. The lowest BCUT2D eigenvalue weighted by atomic mass is 10.2. The highest BCUT2D eigenvalue weighted by Gasteiger charge is 2.24. The molecule has 0 radical (unpaired) electrons. The van der Waals surface area contributed by atoms with Crippen molar-refractivity contribution in [1.82, 2.24) is 14.1 Å². The predicted octanol–water partition coefficient (Wildman–Crippen LogP) is -0.387. The van der Waals surface area contributed by atoms with E-state index in [1.54, 1.807) is 14.0 Å². The van der Waals surface area contributed by atoms with E-state index in [1.807, 2.05) is 0 Å². The number of aryl methyl sites for hydroxylation is 1. The largest absolute Gasteiger partial charge is 0.387 e. The Bertz CT molecular complexity index is 507. The van der Waals surface area contributed by atoms with E-state index in [0.717, 1.165) is 0 Å². The van der Waals surface area contributed by atoms with Gasteiger partial charge in [0.25, 0.3) is 0 Å². The molecular weight excluding hydrogens is 242 g/mol. The minimum atomic E-state index is -3.55. The summed E-state index contributed by atoms with van der Waals surface area (Å²) >= 11 is 0. The third-order valence-electron chi connectivity index (χ3n) is 2.45. The fraction of sp³-hybridized carbons (Fsp3) is 0.556. The van der Waals surface area contributed by atoms with E-state index in [0.29, 0.717) is 0 Å². The summed E-state index contributed by atoms with van der Waals surface area (Å²) < 4.78 is 26.7. The molecule has 1 rings (SSSR count). The van der Waals surface area contributed by atoms with Crippen molar-refractivity contribution in [3.05, 3.63) is 12.4 Å². The number of hydrogen-bond donors (Lipinski definition) is 2. The fourth-order valence-electron chi connectivity index (χ4n) is 1.29. The summed E-state index contributed by atoms with van der Waals surface area (Å²) in [5.41, 5.74) is 5.32. The summed E-state index contributed by atoms with van der Waals surface area (Å²) in [4.78, 5) is 0.137. The summed E-state index contributed by atoms with van der Waals surface area (Å²) in [6, 6.07) is 0. The van der Waals surface area contributed by atoms with Gasteiger partial charge in [0.1, 0.15) is 4.90 Å². The van der Waals surface area contributed by atoms with E-state index >= 15 is 0 Å². The Morgan fingerprint density at radius 2 is 2.29 bits per heavy atom. The Balaban J connectivity index is 2.88. The van der Waals surface area contributed by atoms with Crippen LogP contribution in [0, 0.1) is 11.3 Å². The molecule has 0 saturated heterocycles. The first-order chi connectivity index (χ1) is 7.75. The molecule has 0 aliphatic rings. The Kier molecular flexibility index (Phi) is 3.89. The van der Waals surface area contributed by atoms with Crippen LogP contribution < -0.4 is 5.73 Å². The van der Waals surface area contributed by atoms with Crippen LogP contribution in [0.4, 0.5) is 0 Å². The van der Waals surface area contributed by atoms with Crippen molar-refractivity contribution < 1.29 is 8.42 Å². The van der Waals surface area contributed by atoms with Crippen molar-refractivity contribution >= 4 is 15.9 Å². The fourth-order valence-corrected chi connectivity index (χ4v) is 2.54. The standard InChI is InChI=1S/C9H17N5O2S/c1-7(9(10)11)5-14(3)17(15,16)8-4-12-13(2)6-8/h4,6-7H,5H2,1-3H3,(H3,10,11). The van der Waals surface area contributed by atoms with Crippen LogP contribution in [0.3, 0.4) is 0 Å². The highest BCUT2D eigenvalue weighted by Crippen LogP contribution is 2.14. The Morgan fingerprint density at radius 3 is 2.71 bits per heavy atom. The van der Waals surface area contributed by atoms with E-state index in [-0.39, 0.29) is 23.2 Å². The molecule has 7 nitrogen and oxygen atoms in total. The molecule has 8 heteroatoms. The van der Waals surface area contributed by atoms with Crippen LogP contribution in [0.2, 0.25) is 0 Å². The zero-order valence-corrected chi connectivity index (χ0v) is 10.9. The SMILES string of the molecule is CC(CN(C)S(=O)(=O)c1cnn(C)c1)C(=N)N. The molecule has 0 spiro atoms. The molecule has 0 saturated carbocycles. The van der Waals surface area contributed by atoms with Gasteiger partial charge in [0.2, 0.25) is 10.0 Å². The van der Waals surface area contributed by atoms with Gasteiger partial charge in [-0.15, -0.1) is 0 Å². The number of nitrogens with one attached hydrogen (secondary N) is 1. The molecule has 1 aromatic heterocycles. The predicted molar refractivity (Wildman–Crippen MR) is 64.1 cm³/mol. The molecule has 0 aromatic carbocycles. The van der Waals surface area contributed by atoms with Crippen LogP contribution in [-0.4, -0.2) is 41.9 Å². The lowest BCUT2D eigenvalue weighted by Crippen LogP contribution is -2.35. The smallest absolute Gasteiger partial charge is 0.245 e. The van der Waals surface area contributed by atoms with Crippen molar-refractivity contribution in [2.45, 2.75) is 11.8 Å². The van der Waals surface area contributed by atoms with Crippen LogP contribution in [0.15, 0.2) is 17.3 Å². The van der Waals surface area contributed by atoms with Gasteiger partial charge < -0.3 is 5.73 Å². The number of sulfonamides is 1. The average molecular weight is 259 g/mol. The molecule has 1 unspecified atom stereocenters. The highest BCUT2D eigenvalue weighted by molar-refractivity contribution is 7.89. The number of nitrogens with zero attached hydrogens (tertiary/aromatic N) is 3. The number of hydrogen-bond acceptors (Lipinski definition) is 4. The number of aromatic nitrogens is 2. The number of rotatable bonds is 5. The van der Waals surface area contributed by atoms with Gasteiger partial charge in [-0.05, 0) is 0 Å². The summed E-state index contributed by atoms with van der Waals surface area (Å²) in [5, 5.41) is 11.1. The third kappa shape index (κ3) is 3.04. The number of nitrogens with two attached hydrogens (primary N) is 1. The summed E-state index contributed by atoms with van der Waals surface area (Å²) in [6.45, 7) is 1.88. The van der Waals surface area contributed by atoms with E-state index < -0.39 is 10.0 Å². The molecule has 1 heterocycles. The van der Waals surface area contributed by atoms with Crippen LogP contribution in [-0.2, 0) is 17.1 Å². The van der Waals surface area contributed by atoms with Gasteiger partial charge in [0.15, 0.2) is 0 Å². The Labute approximate surface area is 101 Å². The molecule has 0 aliphatic heterocycles. The average Bonchev–Trinajstić information content (AvgIpc) is 2.64. The zero-order valence-electron chi connectivity index (χ0n) is 10.1. The van der Waals surface area contributed by atoms with Crippen molar-refractivity contribution in [1.29, 1.82) is 5.41 Å². The first kappa shape index (κ1) is 13.7. The maximum absolute atomic E-state index is 12.1. The van der Waals surface area contributed by atoms with Crippen LogP contribution in [0.25, 0.3) is 0 Å². The first-order valence-electron chi connectivity index (χ1n) is 5.04. The van der Waals surface area contributed by atoms with Crippen LogP contribution in [0.5, 0.6) is 0 Å². The van der Waals surface area contributed by atoms with Crippen molar-refractivity contribution in [3.8, 4) is 0 Å². The van der Waals surface area contributed by atoms with Crippen molar-refractivity contribution in [2.24, 2.45) is 18.7 Å². The van der Waals surface area contributed by atoms with Gasteiger partial charge in [-0.1, -0.05) is 6.92 Å². The molecule has 0 bridgehead atoms. The van der Waals surface area contributed by atoms with Crippen LogP contribution in [0.1, 0.15) is 6.92 Å². The van der Waals surface area contributed by atoms with Gasteiger partial charge in [-0.2, -0.15) is 5.10 Å². The van der Waals surface area contributed by atoms with E-state index in [4.69, 9.17) is 11.1 Å². The Morgan fingerprint density at radius 1 is 1.71 bits per heavy atom. The lowest BCUT2D eigenvalue weighted by molar-refractivity contribution is 0.443. The van der Waals surface area contributed by atoms with Gasteiger partial charge in [0, 0.05) is 32.8 Å². The minimum absolute atomic E-state index is 0.0294. The molecule has 0 amide bonds. The molecule has 0 aliphatic carbocycles. The molecule has 0 fully saturated rings.